The van der Waals surface area contributed by atoms with Crippen molar-refractivity contribution >= 4 is 14.6 Å². The number of hydrogen-bond donors (Lipinski definition) is 0. The molecule has 0 aliphatic heterocycles. The predicted octanol–water partition coefficient (Wildman–Crippen LogP) is 3.77. The lowest BCUT2D eigenvalue weighted by Gasteiger charge is -2.41. The fourth-order valence-electron chi connectivity index (χ4n) is 1.98. The number of hydrogen-bond acceptors (Lipinski definition) is 2. The zero-order chi connectivity index (χ0) is 12.4. The minimum Gasteiger partial charge on any atom is -0.413 e. The Labute approximate surface area is 101 Å². The van der Waals surface area contributed by atoms with Crippen molar-refractivity contribution in [1.82, 2.24) is 0 Å². The van der Waals surface area contributed by atoms with Crippen LogP contribution in [0.3, 0.4) is 0 Å². The first kappa shape index (κ1) is 13.9. The van der Waals surface area contributed by atoms with Crippen molar-refractivity contribution in [2.75, 3.05) is 0 Å². The summed E-state index contributed by atoms with van der Waals surface area (Å²) in [5.74, 6) is 0.142. The lowest BCUT2D eigenvalue weighted by atomic mass is 9.88. The predicted molar refractivity (Wildman–Crippen MR) is 70.1 cm³/mol. The number of rotatable bonds is 3. The maximum atomic E-state index is 11.0. The minimum atomic E-state index is -1.71. The molecule has 0 amide bonds. The molecule has 1 saturated carbocycles. The van der Waals surface area contributed by atoms with Crippen LogP contribution in [-0.2, 0) is 9.22 Å². The van der Waals surface area contributed by atoms with E-state index in [2.05, 4.69) is 33.9 Å². The van der Waals surface area contributed by atoms with Crippen LogP contribution >= 0.6 is 0 Å². The van der Waals surface area contributed by atoms with Gasteiger partial charge in [0.1, 0.15) is 6.29 Å². The zero-order valence-electron chi connectivity index (χ0n) is 11.4. The molecule has 0 N–H and O–H groups in total. The zero-order valence-corrected chi connectivity index (χ0v) is 12.4. The van der Waals surface area contributed by atoms with E-state index in [-0.39, 0.29) is 17.1 Å². The third-order valence-electron chi connectivity index (χ3n) is 4.18. The topological polar surface area (TPSA) is 26.3 Å². The van der Waals surface area contributed by atoms with Crippen LogP contribution in [0.4, 0.5) is 0 Å². The van der Waals surface area contributed by atoms with Gasteiger partial charge in [-0.25, -0.2) is 0 Å². The normalized spacial score (nSPS) is 27.8. The standard InChI is InChI=1S/C13H26O2Si/c1-13(2,3)16(4,5)15-12-9-7-6-8-11(12)10-14/h10-12H,6-9H2,1-5H3/t11-,12+/m0/s1. The molecule has 0 heterocycles. The van der Waals surface area contributed by atoms with Crippen LogP contribution in [0.15, 0.2) is 0 Å². The van der Waals surface area contributed by atoms with Gasteiger partial charge in [0, 0.05) is 5.92 Å². The summed E-state index contributed by atoms with van der Waals surface area (Å²) in [6.45, 7) is 11.3. The highest BCUT2D eigenvalue weighted by molar-refractivity contribution is 6.74. The van der Waals surface area contributed by atoms with E-state index >= 15 is 0 Å². The Morgan fingerprint density at radius 3 is 2.25 bits per heavy atom. The second-order valence-corrected chi connectivity index (χ2v) is 11.3. The molecule has 0 aromatic heterocycles. The summed E-state index contributed by atoms with van der Waals surface area (Å²) in [7, 11) is -1.71. The molecule has 1 fully saturated rings. The molecule has 0 bridgehead atoms. The Bertz CT molecular complexity index is 243. The molecular weight excluding hydrogens is 216 g/mol. The van der Waals surface area contributed by atoms with Crippen molar-refractivity contribution in [2.45, 2.75) is 70.7 Å². The Morgan fingerprint density at radius 2 is 1.75 bits per heavy atom. The number of carbonyl (C=O) groups excluding carboxylic acids is 1. The van der Waals surface area contributed by atoms with Crippen molar-refractivity contribution in [2.24, 2.45) is 5.92 Å². The van der Waals surface area contributed by atoms with E-state index in [1.165, 1.54) is 12.8 Å². The molecule has 0 spiro atoms. The van der Waals surface area contributed by atoms with Gasteiger partial charge in [0.15, 0.2) is 8.32 Å². The van der Waals surface area contributed by atoms with Gasteiger partial charge in [0.05, 0.1) is 6.10 Å². The van der Waals surface area contributed by atoms with Gasteiger partial charge in [-0.1, -0.05) is 33.6 Å². The maximum Gasteiger partial charge on any atom is 0.192 e. The van der Waals surface area contributed by atoms with Crippen LogP contribution in [0.25, 0.3) is 0 Å². The molecule has 0 radical (unpaired) electrons. The van der Waals surface area contributed by atoms with Crippen molar-refractivity contribution in [3.63, 3.8) is 0 Å². The van der Waals surface area contributed by atoms with Gasteiger partial charge in [-0.15, -0.1) is 0 Å². The van der Waals surface area contributed by atoms with Crippen LogP contribution in [0.1, 0.15) is 46.5 Å². The lowest BCUT2D eigenvalue weighted by molar-refractivity contribution is -0.115. The molecule has 1 aliphatic rings. The largest absolute Gasteiger partial charge is 0.413 e. The highest BCUT2D eigenvalue weighted by Crippen LogP contribution is 2.39. The second-order valence-electron chi connectivity index (χ2n) is 6.50. The Hall–Kier alpha value is -0.153. The quantitative estimate of drug-likeness (QED) is 0.556. The monoisotopic (exact) mass is 242 g/mol. The molecular formula is C13H26O2Si. The second kappa shape index (κ2) is 5.01. The third-order valence-corrected chi connectivity index (χ3v) is 8.69. The lowest BCUT2D eigenvalue weighted by Crippen LogP contribution is -2.46. The molecule has 1 rings (SSSR count). The summed E-state index contributed by atoms with van der Waals surface area (Å²) in [4.78, 5) is 11.0. The van der Waals surface area contributed by atoms with E-state index in [4.69, 9.17) is 4.43 Å². The Balaban J connectivity index is 2.67. The van der Waals surface area contributed by atoms with Crippen molar-refractivity contribution in [3.05, 3.63) is 0 Å². The van der Waals surface area contributed by atoms with Gasteiger partial charge in [0.25, 0.3) is 0 Å². The molecule has 16 heavy (non-hydrogen) atoms. The summed E-state index contributed by atoms with van der Waals surface area (Å²) in [5, 5.41) is 0.234. The molecule has 94 valence electrons. The van der Waals surface area contributed by atoms with E-state index in [1.807, 2.05) is 0 Å². The summed E-state index contributed by atoms with van der Waals surface area (Å²) in [6, 6.07) is 0. The number of carbonyl (C=O) groups is 1. The van der Waals surface area contributed by atoms with Crippen LogP contribution < -0.4 is 0 Å². The van der Waals surface area contributed by atoms with Gasteiger partial charge in [-0.3, -0.25) is 0 Å². The molecule has 2 atom stereocenters. The summed E-state index contributed by atoms with van der Waals surface area (Å²) in [6.07, 6.45) is 5.77. The van der Waals surface area contributed by atoms with Gasteiger partial charge in [-0.05, 0) is 31.0 Å². The molecule has 3 heteroatoms. The fraction of sp³-hybridized carbons (Fsp3) is 0.923. The molecule has 2 nitrogen and oxygen atoms in total. The van der Waals surface area contributed by atoms with E-state index in [0.717, 1.165) is 19.1 Å². The van der Waals surface area contributed by atoms with Gasteiger partial charge in [-0.2, -0.15) is 0 Å². The van der Waals surface area contributed by atoms with Crippen LogP contribution in [0, 0.1) is 5.92 Å². The molecule has 0 unspecified atom stereocenters. The molecule has 0 aromatic carbocycles. The summed E-state index contributed by atoms with van der Waals surface area (Å²) in [5.41, 5.74) is 0. The van der Waals surface area contributed by atoms with Crippen LogP contribution in [0.2, 0.25) is 18.1 Å². The Kier molecular flexibility index (Phi) is 4.35. The van der Waals surface area contributed by atoms with E-state index in [1.54, 1.807) is 0 Å². The minimum absolute atomic E-state index is 0.142. The van der Waals surface area contributed by atoms with E-state index < -0.39 is 8.32 Å². The number of aldehydes is 1. The molecule has 1 aliphatic carbocycles. The smallest absolute Gasteiger partial charge is 0.192 e. The van der Waals surface area contributed by atoms with Gasteiger partial charge in [0.2, 0.25) is 0 Å². The first-order chi connectivity index (χ1) is 7.28. The first-order valence-electron chi connectivity index (χ1n) is 6.41. The highest BCUT2D eigenvalue weighted by atomic mass is 28.4. The van der Waals surface area contributed by atoms with Crippen molar-refractivity contribution in [1.29, 1.82) is 0 Å². The highest BCUT2D eigenvalue weighted by Gasteiger charge is 2.41. The maximum absolute atomic E-state index is 11.0. The average molecular weight is 242 g/mol. The van der Waals surface area contributed by atoms with Gasteiger partial charge >= 0.3 is 0 Å². The van der Waals surface area contributed by atoms with E-state index in [0.29, 0.717) is 0 Å². The third kappa shape index (κ3) is 3.17. The average Bonchev–Trinajstić information content (AvgIpc) is 2.16. The first-order valence-corrected chi connectivity index (χ1v) is 9.32. The Morgan fingerprint density at radius 1 is 1.19 bits per heavy atom. The van der Waals surface area contributed by atoms with Crippen molar-refractivity contribution < 1.29 is 9.22 Å². The van der Waals surface area contributed by atoms with E-state index in [9.17, 15) is 4.79 Å². The van der Waals surface area contributed by atoms with Crippen LogP contribution in [0.5, 0.6) is 0 Å². The summed E-state index contributed by atoms with van der Waals surface area (Å²) >= 11 is 0. The SMILES string of the molecule is CC(C)(C)[Si](C)(C)O[C@@H]1CCCC[C@H]1C=O. The summed E-state index contributed by atoms with van der Waals surface area (Å²) < 4.78 is 6.35. The fourth-order valence-corrected chi connectivity index (χ4v) is 3.39. The van der Waals surface area contributed by atoms with Crippen LogP contribution in [-0.4, -0.2) is 20.7 Å². The van der Waals surface area contributed by atoms with Crippen molar-refractivity contribution in [3.8, 4) is 0 Å². The molecule has 0 saturated heterocycles. The van der Waals surface area contributed by atoms with Gasteiger partial charge < -0.3 is 9.22 Å². The molecule has 0 aromatic rings.